The van der Waals surface area contributed by atoms with Crippen molar-refractivity contribution >= 4 is 23.9 Å². The average molecular weight is 316 g/mol. The molecule has 0 fully saturated rings. The summed E-state index contributed by atoms with van der Waals surface area (Å²) in [6, 6.07) is 0. The predicted molar refractivity (Wildman–Crippen MR) is 73.5 cm³/mol. The van der Waals surface area contributed by atoms with Gasteiger partial charge in [0.15, 0.2) is 0 Å². The van der Waals surface area contributed by atoms with Gasteiger partial charge in [0.2, 0.25) is 0 Å². The molecular weight excluding hydrogens is 296 g/mol. The van der Waals surface area contributed by atoms with Crippen molar-refractivity contribution in [1.29, 1.82) is 0 Å². The summed E-state index contributed by atoms with van der Waals surface area (Å²) in [6.45, 7) is 0. The predicted octanol–water partition coefficient (Wildman–Crippen LogP) is 0.391. The second-order valence-corrected chi connectivity index (χ2v) is 4.12. The molecule has 0 bridgehead atoms. The highest BCUT2D eigenvalue weighted by Crippen LogP contribution is 2.20. The molecule has 1 unspecified atom stereocenters. The largest absolute Gasteiger partial charge is 0.469 e. The molecule has 0 aromatic heterocycles. The quantitative estimate of drug-likeness (QED) is 0.360. The normalized spacial score (nSPS) is 12.1. The van der Waals surface area contributed by atoms with Crippen LogP contribution < -0.4 is 0 Å². The molecule has 0 saturated heterocycles. The summed E-state index contributed by atoms with van der Waals surface area (Å²) < 4.78 is 18.2. The van der Waals surface area contributed by atoms with E-state index in [2.05, 4.69) is 18.9 Å². The van der Waals surface area contributed by atoms with Crippen LogP contribution in [0.3, 0.4) is 0 Å². The van der Waals surface area contributed by atoms with Gasteiger partial charge in [-0.05, 0) is 6.42 Å². The van der Waals surface area contributed by atoms with Gasteiger partial charge in [0.05, 0.1) is 40.8 Å². The molecule has 0 aliphatic heterocycles. The number of carbonyl (C=O) groups is 4. The van der Waals surface area contributed by atoms with Crippen LogP contribution in [-0.4, -0.2) is 52.3 Å². The van der Waals surface area contributed by atoms with E-state index in [1.807, 2.05) is 0 Å². The number of rotatable bonds is 8. The number of ether oxygens (including phenoxy) is 4. The highest BCUT2D eigenvalue weighted by molar-refractivity contribution is 5.97. The molecule has 0 radical (unpaired) electrons. The summed E-state index contributed by atoms with van der Waals surface area (Å²) in [4.78, 5) is 46.1. The molecule has 8 heteroatoms. The van der Waals surface area contributed by atoms with Gasteiger partial charge in [-0.15, -0.1) is 0 Å². The van der Waals surface area contributed by atoms with Gasteiger partial charge in [-0.25, -0.2) is 4.79 Å². The maximum absolute atomic E-state index is 11.8. The third-order valence-electron chi connectivity index (χ3n) is 2.82. The second-order valence-electron chi connectivity index (χ2n) is 4.12. The summed E-state index contributed by atoms with van der Waals surface area (Å²) in [7, 11) is 4.68. The summed E-state index contributed by atoms with van der Waals surface area (Å²) in [6.07, 6.45) is 1.14. The van der Waals surface area contributed by atoms with E-state index < -0.39 is 29.8 Å². The Morgan fingerprint density at radius 3 is 1.91 bits per heavy atom. The Balaban J connectivity index is 5.32. The van der Waals surface area contributed by atoms with Crippen molar-refractivity contribution < 1.29 is 38.1 Å². The van der Waals surface area contributed by atoms with Crippen LogP contribution in [0.5, 0.6) is 0 Å². The van der Waals surface area contributed by atoms with Gasteiger partial charge < -0.3 is 18.9 Å². The first kappa shape index (κ1) is 19.6. The van der Waals surface area contributed by atoms with Crippen molar-refractivity contribution in [1.82, 2.24) is 0 Å². The Morgan fingerprint density at radius 2 is 1.45 bits per heavy atom. The Hall–Kier alpha value is -2.38. The minimum atomic E-state index is -1.16. The van der Waals surface area contributed by atoms with E-state index in [1.165, 1.54) is 13.2 Å². The minimum absolute atomic E-state index is 0.0170. The van der Waals surface area contributed by atoms with Gasteiger partial charge in [0, 0.05) is 12.0 Å². The molecule has 0 amide bonds. The number of allylic oxidation sites excluding steroid dienone is 1. The van der Waals surface area contributed by atoms with E-state index in [-0.39, 0.29) is 24.8 Å². The highest BCUT2D eigenvalue weighted by atomic mass is 16.5. The summed E-state index contributed by atoms with van der Waals surface area (Å²) in [5.74, 6) is -3.88. The zero-order valence-electron chi connectivity index (χ0n) is 13.0. The van der Waals surface area contributed by atoms with E-state index in [0.29, 0.717) is 0 Å². The number of carbonyl (C=O) groups excluding carboxylic acids is 4. The molecule has 0 saturated carbocycles. The Kier molecular flexibility index (Phi) is 9.24. The molecule has 0 aromatic rings. The first-order valence-corrected chi connectivity index (χ1v) is 6.41. The number of esters is 4. The lowest BCUT2D eigenvalue weighted by Crippen LogP contribution is -2.27. The Bertz CT molecular complexity index is 452. The summed E-state index contributed by atoms with van der Waals surface area (Å²) in [5.41, 5.74) is -0.0661. The second kappa shape index (κ2) is 10.4. The third-order valence-corrected chi connectivity index (χ3v) is 2.82. The third kappa shape index (κ3) is 6.38. The van der Waals surface area contributed by atoms with Gasteiger partial charge >= 0.3 is 23.9 Å². The average Bonchev–Trinajstić information content (AvgIpc) is 2.54. The monoisotopic (exact) mass is 316 g/mol. The molecule has 0 heterocycles. The van der Waals surface area contributed by atoms with Crippen molar-refractivity contribution in [3.8, 4) is 0 Å². The van der Waals surface area contributed by atoms with Gasteiger partial charge in [-0.3, -0.25) is 14.4 Å². The van der Waals surface area contributed by atoms with E-state index in [4.69, 9.17) is 0 Å². The number of hydrogen-bond acceptors (Lipinski definition) is 8. The molecule has 1 atom stereocenters. The summed E-state index contributed by atoms with van der Waals surface area (Å²) in [5, 5.41) is 0. The lowest BCUT2D eigenvalue weighted by Gasteiger charge is -2.15. The molecular formula is C14H20O8. The van der Waals surface area contributed by atoms with Crippen LogP contribution in [0.4, 0.5) is 0 Å². The van der Waals surface area contributed by atoms with Crippen LogP contribution >= 0.6 is 0 Å². The topological polar surface area (TPSA) is 105 Å². The van der Waals surface area contributed by atoms with Crippen LogP contribution in [0.1, 0.15) is 19.3 Å². The van der Waals surface area contributed by atoms with Crippen molar-refractivity contribution in [2.24, 2.45) is 5.92 Å². The van der Waals surface area contributed by atoms with E-state index in [9.17, 15) is 19.2 Å². The van der Waals surface area contributed by atoms with Gasteiger partial charge in [-0.2, -0.15) is 0 Å². The van der Waals surface area contributed by atoms with Crippen LogP contribution in [0, 0.1) is 5.92 Å². The van der Waals surface area contributed by atoms with Crippen LogP contribution in [0.15, 0.2) is 11.6 Å². The molecule has 0 rings (SSSR count). The smallest absolute Gasteiger partial charge is 0.334 e. The van der Waals surface area contributed by atoms with Crippen LogP contribution in [0.25, 0.3) is 0 Å². The fraction of sp³-hybridized carbons (Fsp3) is 0.571. The van der Waals surface area contributed by atoms with E-state index in [1.54, 1.807) is 0 Å². The molecule has 8 nitrogen and oxygen atoms in total. The van der Waals surface area contributed by atoms with E-state index >= 15 is 0 Å². The minimum Gasteiger partial charge on any atom is -0.469 e. The number of hydrogen-bond donors (Lipinski definition) is 0. The standard InChI is InChI=1S/C14H20O8/c1-19-11(15)7-5-6-9(13(17)21-3)10(14(18)22-4)8-12(16)20-2/h6,10H,5,7-8H2,1-4H3/b9-6-. The van der Waals surface area contributed by atoms with E-state index in [0.717, 1.165) is 21.3 Å². The fourth-order valence-electron chi connectivity index (χ4n) is 1.65. The molecule has 0 aliphatic carbocycles. The molecule has 0 aromatic carbocycles. The highest BCUT2D eigenvalue weighted by Gasteiger charge is 2.31. The first-order chi connectivity index (χ1) is 10.4. The first-order valence-electron chi connectivity index (χ1n) is 6.41. The van der Waals surface area contributed by atoms with Crippen LogP contribution in [0.2, 0.25) is 0 Å². The zero-order valence-corrected chi connectivity index (χ0v) is 13.0. The lowest BCUT2D eigenvalue weighted by atomic mass is 9.94. The maximum atomic E-state index is 11.8. The lowest BCUT2D eigenvalue weighted by molar-refractivity contribution is -0.152. The SMILES string of the molecule is COC(=O)CC/C=C(\C(=O)OC)C(CC(=O)OC)C(=O)OC. The molecule has 0 aliphatic rings. The van der Waals surface area contributed by atoms with Crippen molar-refractivity contribution in [3.05, 3.63) is 11.6 Å². The van der Waals surface area contributed by atoms with Gasteiger partial charge in [0.25, 0.3) is 0 Å². The summed E-state index contributed by atoms with van der Waals surface area (Å²) >= 11 is 0. The van der Waals surface area contributed by atoms with Gasteiger partial charge in [0.1, 0.15) is 0 Å². The zero-order chi connectivity index (χ0) is 17.1. The van der Waals surface area contributed by atoms with Crippen LogP contribution in [-0.2, 0) is 38.1 Å². The van der Waals surface area contributed by atoms with Crippen molar-refractivity contribution in [3.63, 3.8) is 0 Å². The molecule has 124 valence electrons. The van der Waals surface area contributed by atoms with Crippen molar-refractivity contribution in [2.45, 2.75) is 19.3 Å². The molecule has 0 N–H and O–H groups in total. The van der Waals surface area contributed by atoms with Gasteiger partial charge in [-0.1, -0.05) is 6.08 Å². The Labute approximate surface area is 128 Å². The van der Waals surface area contributed by atoms with Crippen molar-refractivity contribution in [2.75, 3.05) is 28.4 Å². The maximum Gasteiger partial charge on any atom is 0.334 e. The number of methoxy groups -OCH3 is 4. The Morgan fingerprint density at radius 1 is 0.864 bits per heavy atom. The molecule has 0 spiro atoms. The molecule has 22 heavy (non-hydrogen) atoms. The fourth-order valence-corrected chi connectivity index (χ4v) is 1.65.